The van der Waals surface area contributed by atoms with Gasteiger partial charge in [-0.1, -0.05) is 35.5 Å². The van der Waals surface area contributed by atoms with E-state index in [4.69, 9.17) is 4.52 Å². The zero-order valence-corrected chi connectivity index (χ0v) is 17.9. The zero-order valence-electron chi connectivity index (χ0n) is 17.0. The zero-order chi connectivity index (χ0) is 20.7. The van der Waals surface area contributed by atoms with Gasteiger partial charge in [-0.25, -0.2) is 8.42 Å². The van der Waals surface area contributed by atoms with Crippen molar-refractivity contribution in [1.82, 2.24) is 14.4 Å². The molecule has 2 aliphatic rings. The van der Waals surface area contributed by atoms with Crippen LogP contribution in [0.25, 0.3) is 11.4 Å². The maximum absolute atomic E-state index is 13.5. The minimum absolute atomic E-state index is 0.368. The van der Waals surface area contributed by atoms with Gasteiger partial charge in [0.15, 0.2) is 0 Å². The largest absolute Gasteiger partial charge is 0.337 e. The van der Waals surface area contributed by atoms with E-state index >= 15 is 0 Å². The Morgan fingerprint density at radius 3 is 2.67 bits per heavy atom. The lowest BCUT2D eigenvalue weighted by atomic mass is 9.92. The molecule has 1 aliphatic heterocycles. The highest BCUT2D eigenvalue weighted by Crippen LogP contribution is 2.37. The van der Waals surface area contributed by atoms with E-state index in [0.29, 0.717) is 29.6 Å². The molecule has 1 fully saturated rings. The summed E-state index contributed by atoms with van der Waals surface area (Å²) in [6, 6.07) is 13.0. The Hall–Kier alpha value is -2.51. The SMILES string of the molecule is Cc1ccccc1-c1noc(C2CCCN2S(=O)(=O)c2ccc3c(c2)CCCC3)n1. The molecule has 0 saturated carbocycles. The molecule has 1 unspecified atom stereocenters. The van der Waals surface area contributed by atoms with Gasteiger partial charge in [0.2, 0.25) is 21.7 Å². The van der Waals surface area contributed by atoms with E-state index in [2.05, 4.69) is 10.1 Å². The summed E-state index contributed by atoms with van der Waals surface area (Å²) < 4.78 is 34.0. The van der Waals surface area contributed by atoms with Crippen LogP contribution in [0.3, 0.4) is 0 Å². The van der Waals surface area contributed by atoms with Crippen molar-refractivity contribution in [2.24, 2.45) is 0 Å². The molecule has 2 aromatic carbocycles. The summed E-state index contributed by atoms with van der Waals surface area (Å²) in [7, 11) is -3.63. The first kappa shape index (κ1) is 19.5. The molecular formula is C23H25N3O3S. The summed E-state index contributed by atoms with van der Waals surface area (Å²) in [4.78, 5) is 4.94. The van der Waals surface area contributed by atoms with E-state index in [1.807, 2.05) is 43.3 Å². The van der Waals surface area contributed by atoms with Gasteiger partial charge in [-0.15, -0.1) is 0 Å². The van der Waals surface area contributed by atoms with Gasteiger partial charge in [-0.2, -0.15) is 9.29 Å². The van der Waals surface area contributed by atoms with Crippen LogP contribution in [0.1, 0.15) is 54.3 Å². The number of benzene rings is 2. The van der Waals surface area contributed by atoms with Crippen molar-refractivity contribution in [2.75, 3.05) is 6.54 Å². The van der Waals surface area contributed by atoms with Gasteiger partial charge in [0.05, 0.1) is 4.90 Å². The maximum Gasteiger partial charge on any atom is 0.245 e. The molecule has 2 heterocycles. The quantitative estimate of drug-likeness (QED) is 0.620. The van der Waals surface area contributed by atoms with Crippen LogP contribution < -0.4 is 0 Å². The van der Waals surface area contributed by atoms with Gasteiger partial charge < -0.3 is 4.52 Å². The molecule has 1 aliphatic carbocycles. The second-order valence-corrected chi connectivity index (χ2v) is 10.1. The molecule has 3 aromatic rings. The number of sulfonamides is 1. The fourth-order valence-corrected chi connectivity index (χ4v) is 6.29. The Balaban J connectivity index is 1.46. The third kappa shape index (κ3) is 3.36. The number of nitrogens with zero attached hydrogens (tertiary/aromatic N) is 3. The molecule has 1 aromatic heterocycles. The lowest BCUT2D eigenvalue weighted by molar-refractivity contribution is 0.290. The molecule has 0 radical (unpaired) electrons. The summed E-state index contributed by atoms with van der Waals surface area (Å²) in [5, 5.41) is 4.13. The molecule has 0 N–H and O–H groups in total. The van der Waals surface area contributed by atoms with E-state index in [1.165, 1.54) is 16.3 Å². The van der Waals surface area contributed by atoms with E-state index < -0.39 is 16.1 Å². The molecule has 0 spiro atoms. The second kappa shape index (κ2) is 7.63. The minimum Gasteiger partial charge on any atom is -0.337 e. The van der Waals surface area contributed by atoms with Gasteiger partial charge >= 0.3 is 0 Å². The summed E-state index contributed by atoms with van der Waals surface area (Å²) in [5.74, 6) is 0.869. The Bertz CT molecular complexity index is 1190. The second-order valence-electron chi connectivity index (χ2n) is 8.18. The summed E-state index contributed by atoms with van der Waals surface area (Å²) in [5.41, 5.74) is 4.39. The number of fused-ring (bicyclic) bond motifs is 1. The molecular weight excluding hydrogens is 398 g/mol. The number of hydrogen-bond acceptors (Lipinski definition) is 5. The standard InChI is InChI=1S/C23H25N3O3S/c1-16-7-2-5-10-20(16)22-24-23(29-25-22)21-11-6-14-26(21)30(27,28)19-13-12-17-8-3-4-9-18(17)15-19/h2,5,7,10,12-13,15,21H,3-4,6,8-9,11,14H2,1H3. The third-order valence-electron chi connectivity index (χ3n) is 6.24. The van der Waals surface area contributed by atoms with E-state index in [0.717, 1.165) is 42.4 Å². The van der Waals surface area contributed by atoms with Crippen LogP contribution in [0, 0.1) is 6.92 Å². The van der Waals surface area contributed by atoms with Gasteiger partial charge in [0.25, 0.3) is 0 Å². The van der Waals surface area contributed by atoms with Crippen LogP contribution in [0.2, 0.25) is 0 Å². The minimum atomic E-state index is -3.63. The van der Waals surface area contributed by atoms with Crippen molar-refractivity contribution in [2.45, 2.75) is 56.4 Å². The van der Waals surface area contributed by atoms with Crippen LogP contribution in [-0.4, -0.2) is 29.4 Å². The van der Waals surface area contributed by atoms with Gasteiger partial charge in [0.1, 0.15) is 6.04 Å². The summed E-state index contributed by atoms with van der Waals surface area (Å²) in [6.45, 7) is 2.46. The highest BCUT2D eigenvalue weighted by atomic mass is 32.2. The summed E-state index contributed by atoms with van der Waals surface area (Å²) in [6.07, 6.45) is 5.73. The molecule has 30 heavy (non-hydrogen) atoms. The van der Waals surface area contributed by atoms with Crippen molar-refractivity contribution < 1.29 is 12.9 Å². The first-order valence-electron chi connectivity index (χ1n) is 10.6. The molecule has 0 bridgehead atoms. The maximum atomic E-state index is 13.5. The smallest absolute Gasteiger partial charge is 0.245 e. The summed E-state index contributed by atoms with van der Waals surface area (Å²) >= 11 is 0. The fourth-order valence-electron chi connectivity index (χ4n) is 4.58. The monoisotopic (exact) mass is 423 g/mol. The van der Waals surface area contributed by atoms with Crippen LogP contribution >= 0.6 is 0 Å². The van der Waals surface area contributed by atoms with E-state index in [9.17, 15) is 8.42 Å². The van der Waals surface area contributed by atoms with Gasteiger partial charge in [-0.05, 0) is 74.3 Å². The van der Waals surface area contributed by atoms with Gasteiger partial charge in [-0.3, -0.25) is 0 Å². The van der Waals surface area contributed by atoms with Gasteiger partial charge in [0, 0.05) is 12.1 Å². The lowest BCUT2D eigenvalue weighted by Crippen LogP contribution is -2.31. The predicted octanol–water partition coefficient (Wildman–Crippen LogP) is 4.45. The predicted molar refractivity (Wildman–Crippen MR) is 113 cm³/mol. The highest BCUT2D eigenvalue weighted by molar-refractivity contribution is 7.89. The number of aryl methyl sites for hydroxylation is 3. The molecule has 156 valence electrons. The first-order valence-corrected chi connectivity index (χ1v) is 12.0. The Morgan fingerprint density at radius 1 is 1.03 bits per heavy atom. The molecule has 6 nitrogen and oxygen atoms in total. The van der Waals surface area contributed by atoms with Crippen molar-refractivity contribution in [3.05, 3.63) is 65.0 Å². The van der Waals surface area contributed by atoms with Crippen molar-refractivity contribution in [1.29, 1.82) is 0 Å². The van der Waals surface area contributed by atoms with Crippen LogP contribution in [0.15, 0.2) is 51.9 Å². The van der Waals surface area contributed by atoms with E-state index in [1.54, 1.807) is 6.07 Å². The van der Waals surface area contributed by atoms with Crippen LogP contribution in [-0.2, 0) is 22.9 Å². The molecule has 7 heteroatoms. The third-order valence-corrected chi connectivity index (χ3v) is 8.15. The average molecular weight is 424 g/mol. The van der Waals surface area contributed by atoms with Crippen molar-refractivity contribution in [3.63, 3.8) is 0 Å². The van der Waals surface area contributed by atoms with E-state index in [-0.39, 0.29) is 0 Å². The lowest BCUT2D eigenvalue weighted by Gasteiger charge is -2.23. The topological polar surface area (TPSA) is 76.3 Å². The highest BCUT2D eigenvalue weighted by Gasteiger charge is 2.39. The number of aromatic nitrogens is 2. The van der Waals surface area contributed by atoms with Crippen molar-refractivity contribution in [3.8, 4) is 11.4 Å². The Labute approximate surface area is 177 Å². The molecule has 0 amide bonds. The number of hydrogen-bond donors (Lipinski definition) is 0. The molecule has 1 saturated heterocycles. The number of rotatable bonds is 4. The molecule has 5 rings (SSSR count). The average Bonchev–Trinajstić information content (AvgIpc) is 3.43. The first-order chi connectivity index (χ1) is 14.5. The van der Waals surface area contributed by atoms with Crippen molar-refractivity contribution >= 4 is 10.0 Å². The van der Waals surface area contributed by atoms with Crippen LogP contribution in [0.5, 0.6) is 0 Å². The normalized spacial score (nSPS) is 19.7. The Morgan fingerprint density at radius 2 is 1.83 bits per heavy atom. The fraction of sp³-hybridized carbons (Fsp3) is 0.391. The molecule has 1 atom stereocenters. The Kier molecular flexibility index (Phi) is 4.95. The van der Waals surface area contributed by atoms with Crippen LogP contribution in [0.4, 0.5) is 0 Å².